The number of nitrogens with zero attached hydrogens (tertiary/aromatic N) is 2. The molecule has 3 aromatic rings. The van der Waals surface area contributed by atoms with Gasteiger partial charge in [0.1, 0.15) is 10.8 Å². The summed E-state index contributed by atoms with van der Waals surface area (Å²) in [6, 6.07) is 9.45. The molecule has 0 radical (unpaired) electrons. The highest BCUT2D eigenvalue weighted by molar-refractivity contribution is 6.32. The number of rotatable bonds is 5. The Morgan fingerprint density at radius 2 is 1.83 bits per heavy atom. The van der Waals surface area contributed by atoms with E-state index in [1.807, 2.05) is 32.0 Å². The Morgan fingerprint density at radius 1 is 1.06 bits per heavy atom. The lowest BCUT2D eigenvalue weighted by Gasteiger charge is -2.13. The molecule has 1 aliphatic rings. The molecule has 0 saturated carbocycles. The molecular formula is C25H23ClN4O5. The molecule has 10 heteroatoms. The van der Waals surface area contributed by atoms with Gasteiger partial charge in [0, 0.05) is 34.9 Å². The zero-order valence-electron chi connectivity index (χ0n) is 19.4. The maximum absolute atomic E-state index is 12.9. The van der Waals surface area contributed by atoms with Gasteiger partial charge in [0.15, 0.2) is 5.76 Å². The van der Waals surface area contributed by atoms with Crippen molar-refractivity contribution in [3.63, 3.8) is 0 Å². The molecule has 1 aliphatic carbocycles. The minimum Gasteiger partial charge on any atom is -0.455 e. The van der Waals surface area contributed by atoms with Gasteiger partial charge < -0.3 is 9.73 Å². The van der Waals surface area contributed by atoms with Crippen LogP contribution in [-0.4, -0.2) is 22.4 Å². The summed E-state index contributed by atoms with van der Waals surface area (Å²) in [5.41, 5.74) is 6.92. The van der Waals surface area contributed by atoms with E-state index in [0.29, 0.717) is 41.1 Å². The van der Waals surface area contributed by atoms with Crippen molar-refractivity contribution in [1.29, 1.82) is 0 Å². The van der Waals surface area contributed by atoms with Gasteiger partial charge in [0.2, 0.25) is 0 Å². The molecule has 1 heterocycles. The number of furan rings is 1. The van der Waals surface area contributed by atoms with Gasteiger partial charge in [-0.2, -0.15) is 5.10 Å². The molecule has 0 bridgehead atoms. The lowest BCUT2D eigenvalue weighted by Crippen LogP contribution is -2.22. The Labute approximate surface area is 206 Å². The summed E-state index contributed by atoms with van der Waals surface area (Å²) >= 11 is 5.82. The number of nitro groups is 1. The summed E-state index contributed by atoms with van der Waals surface area (Å²) in [7, 11) is 0. The molecule has 2 N–H and O–H groups in total. The van der Waals surface area contributed by atoms with Crippen molar-refractivity contribution in [3.05, 3.63) is 90.9 Å². The number of halogens is 1. The number of benzene rings is 2. The molecular weight excluding hydrogens is 472 g/mol. The third-order valence-corrected chi connectivity index (χ3v) is 6.31. The topological polar surface area (TPSA) is 127 Å². The Bertz CT molecular complexity index is 1390. The quantitative estimate of drug-likeness (QED) is 0.358. The first-order valence-corrected chi connectivity index (χ1v) is 11.4. The predicted octanol–water partition coefficient (Wildman–Crippen LogP) is 5.49. The zero-order valence-corrected chi connectivity index (χ0v) is 20.2. The fraction of sp³-hybridized carbons (Fsp3) is 0.240. The number of hydrogen-bond acceptors (Lipinski definition) is 6. The molecule has 9 nitrogen and oxygen atoms in total. The van der Waals surface area contributed by atoms with E-state index in [4.69, 9.17) is 16.0 Å². The lowest BCUT2D eigenvalue weighted by molar-refractivity contribution is -0.384. The lowest BCUT2D eigenvalue weighted by atomic mass is 9.93. The normalized spacial score (nSPS) is 13.9. The molecule has 180 valence electrons. The van der Waals surface area contributed by atoms with E-state index in [9.17, 15) is 19.7 Å². The summed E-state index contributed by atoms with van der Waals surface area (Å²) in [5.74, 6) is -0.146. The summed E-state index contributed by atoms with van der Waals surface area (Å²) in [4.78, 5) is 36.0. The van der Waals surface area contributed by atoms with Crippen LogP contribution in [0.4, 0.5) is 11.4 Å². The Balaban J connectivity index is 1.56. The summed E-state index contributed by atoms with van der Waals surface area (Å²) < 4.78 is 5.91. The first-order valence-electron chi connectivity index (χ1n) is 11.0. The molecule has 2 amide bonds. The van der Waals surface area contributed by atoms with Gasteiger partial charge in [-0.15, -0.1) is 0 Å². The molecule has 0 fully saturated rings. The number of anilines is 1. The molecule has 0 atom stereocenters. The average molecular weight is 495 g/mol. The number of hydrogen-bond donors (Lipinski definition) is 2. The number of nitro benzene ring substituents is 1. The first-order chi connectivity index (χ1) is 16.7. The van der Waals surface area contributed by atoms with E-state index in [-0.39, 0.29) is 27.9 Å². The highest BCUT2D eigenvalue weighted by atomic mass is 35.5. The van der Waals surface area contributed by atoms with Crippen LogP contribution in [0, 0.1) is 30.9 Å². The molecule has 0 unspecified atom stereocenters. The zero-order chi connectivity index (χ0) is 25.3. The third kappa shape index (κ3) is 4.95. The maximum Gasteiger partial charge on any atom is 0.291 e. The largest absolute Gasteiger partial charge is 0.455 e. The van der Waals surface area contributed by atoms with E-state index in [1.165, 1.54) is 12.1 Å². The SMILES string of the molecule is Cc1ccc(NC(=O)c2oc3c(c2C)/C(=N/NC(=O)c2ccc(Cl)c([N+](=O)[O-])c2)CCC3)cc1C. The van der Waals surface area contributed by atoms with Gasteiger partial charge in [0.25, 0.3) is 17.5 Å². The molecule has 0 aliphatic heterocycles. The van der Waals surface area contributed by atoms with Crippen molar-refractivity contribution in [2.24, 2.45) is 5.10 Å². The van der Waals surface area contributed by atoms with E-state index < -0.39 is 10.8 Å². The van der Waals surface area contributed by atoms with E-state index in [2.05, 4.69) is 15.8 Å². The Hall–Kier alpha value is -3.98. The van der Waals surface area contributed by atoms with Gasteiger partial charge in [-0.25, -0.2) is 5.43 Å². The van der Waals surface area contributed by atoms with Gasteiger partial charge in [-0.3, -0.25) is 19.7 Å². The standard InChI is InChI=1S/C25H23ClN4O5/c1-13-7-9-17(11-14(13)2)27-25(32)23-15(3)22-19(5-4-6-21(22)35-23)28-29-24(31)16-8-10-18(26)20(12-16)30(33)34/h7-12H,4-6H2,1-3H3,(H,27,32)(H,29,31)/b28-19+. The Kier molecular flexibility index (Phi) is 6.70. The van der Waals surface area contributed by atoms with Crippen LogP contribution < -0.4 is 10.7 Å². The smallest absolute Gasteiger partial charge is 0.291 e. The highest BCUT2D eigenvalue weighted by Crippen LogP contribution is 2.31. The van der Waals surface area contributed by atoms with Gasteiger partial charge >= 0.3 is 0 Å². The fourth-order valence-electron chi connectivity index (χ4n) is 3.98. The number of carbonyl (C=O) groups excluding carboxylic acids is 2. The van der Waals surface area contributed by atoms with E-state index in [0.717, 1.165) is 23.6 Å². The minimum absolute atomic E-state index is 0.0545. The number of aryl methyl sites for hydroxylation is 3. The molecule has 1 aromatic heterocycles. The van der Waals surface area contributed by atoms with Crippen LogP contribution in [-0.2, 0) is 6.42 Å². The second-order valence-electron chi connectivity index (χ2n) is 8.38. The first kappa shape index (κ1) is 24.2. The van der Waals surface area contributed by atoms with Crippen molar-refractivity contribution in [2.75, 3.05) is 5.32 Å². The summed E-state index contributed by atoms with van der Waals surface area (Å²) in [5, 5.41) is 18.2. The van der Waals surface area contributed by atoms with E-state index >= 15 is 0 Å². The molecule has 0 spiro atoms. The predicted molar refractivity (Wildman–Crippen MR) is 132 cm³/mol. The summed E-state index contributed by atoms with van der Waals surface area (Å²) in [6.07, 6.45) is 1.95. The fourth-order valence-corrected chi connectivity index (χ4v) is 4.17. The van der Waals surface area contributed by atoms with E-state index in [1.54, 1.807) is 6.92 Å². The van der Waals surface area contributed by atoms with Crippen LogP contribution in [0.15, 0.2) is 45.9 Å². The second-order valence-corrected chi connectivity index (χ2v) is 8.79. The van der Waals surface area contributed by atoms with Crippen LogP contribution in [0.3, 0.4) is 0 Å². The summed E-state index contributed by atoms with van der Waals surface area (Å²) in [6.45, 7) is 5.75. The number of carbonyl (C=O) groups is 2. The molecule has 2 aromatic carbocycles. The van der Waals surface area contributed by atoms with Crippen molar-refractivity contribution in [2.45, 2.75) is 40.0 Å². The number of fused-ring (bicyclic) bond motifs is 1. The molecule has 4 rings (SSSR count). The molecule has 0 saturated heterocycles. The van der Waals surface area contributed by atoms with Crippen molar-refractivity contribution in [3.8, 4) is 0 Å². The second kappa shape index (κ2) is 9.71. The monoisotopic (exact) mass is 494 g/mol. The van der Waals surface area contributed by atoms with Gasteiger partial charge in [-0.05, 0) is 69.0 Å². The van der Waals surface area contributed by atoms with Crippen LogP contribution in [0.25, 0.3) is 0 Å². The van der Waals surface area contributed by atoms with Gasteiger partial charge in [0.05, 0.1) is 10.6 Å². The van der Waals surface area contributed by atoms with Crippen molar-refractivity contribution >= 4 is 40.5 Å². The number of nitrogens with one attached hydrogen (secondary N) is 2. The molecule has 35 heavy (non-hydrogen) atoms. The minimum atomic E-state index is -0.655. The average Bonchev–Trinajstić information content (AvgIpc) is 3.17. The van der Waals surface area contributed by atoms with Crippen LogP contribution in [0.1, 0.15) is 61.8 Å². The van der Waals surface area contributed by atoms with Crippen LogP contribution in [0.5, 0.6) is 0 Å². The third-order valence-electron chi connectivity index (χ3n) is 5.99. The number of hydrazone groups is 1. The van der Waals surface area contributed by atoms with Crippen LogP contribution in [0.2, 0.25) is 5.02 Å². The van der Waals surface area contributed by atoms with Crippen LogP contribution >= 0.6 is 11.6 Å². The maximum atomic E-state index is 12.9. The Morgan fingerprint density at radius 3 is 2.54 bits per heavy atom. The highest BCUT2D eigenvalue weighted by Gasteiger charge is 2.28. The van der Waals surface area contributed by atoms with Crippen molar-refractivity contribution in [1.82, 2.24) is 5.43 Å². The van der Waals surface area contributed by atoms with Crippen molar-refractivity contribution < 1.29 is 18.9 Å². The number of amides is 2. The van der Waals surface area contributed by atoms with Gasteiger partial charge in [-0.1, -0.05) is 17.7 Å².